The van der Waals surface area contributed by atoms with Crippen LogP contribution in [0.15, 0.2) is 0 Å². The van der Waals surface area contributed by atoms with Gasteiger partial charge in [-0.25, -0.2) is 0 Å². The predicted octanol–water partition coefficient (Wildman–Crippen LogP) is 0.789. The smallest absolute Gasteiger partial charge is 0.272 e. The maximum absolute atomic E-state index is 12.0. The highest BCUT2D eigenvalue weighted by atomic mass is 16.3. The minimum Gasteiger partial charge on any atom is -0.396 e. The highest BCUT2D eigenvalue weighted by Gasteiger charge is 2.23. The van der Waals surface area contributed by atoms with Gasteiger partial charge >= 0.3 is 0 Å². The van der Waals surface area contributed by atoms with Crippen molar-refractivity contribution in [3.63, 3.8) is 0 Å². The van der Waals surface area contributed by atoms with E-state index in [9.17, 15) is 4.79 Å². The largest absolute Gasteiger partial charge is 0.396 e. The molecule has 1 unspecified atom stereocenters. The van der Waals surface area contributed by atoms with Crippen molar-refractivity contribution in [2.24, 2.45) is 0 Å². The van der Waals surface area contributed by atoms with Gasteiger partial charge in [-0.3, -0.25) is 9.89 Å². The van der Waals surface area contributed by atoms with Crippen LogP contribution in [0.25, 0.3) is 0 Å². The molecule has 0 saturated heterocycles. The van der Waals surface area contributed by atoms with Gasteiger partial charge in [-0.05, 0) is 39.0 Å². The van der Waals surface area contributed by atoms with E-state index in [1.165, 1.54) is 0 Å². The summed E-state index contributed by atoms with van der Waals surface area (Å²) in [5, 5.41) is 18.7. The molecule has 0 fully saturated rings. The van der Waals surface area contributed by atoms with E-state index < -0.39 is 0 Å². The van der Waals surface area contributed by atoms with Crippen LogP contribution < -0.4 is 5.32 Å². The Balaban J connectivity index is 1.95. The number of carbonyl (C=O) groups excluding carboxylic acids is 1. The molecule has 0 spiro atoms. The van der Waals surface area contributed by atoms with Gasteiger partial charge in [0.25, 0.3) is 5.91 Å². The topological polar surface area (TPSA) is 78.0 Å². The number of nitrogens with one attached hydrogen (secondary N) is 2. The fourth-order valence-corrected chi connectivity index (χ4v) is 2.27. The lowest BCUT2D eigenvalue weighted by atomic mass is 10.1. The second-order valence-corrected chi connectivity index (χ2v) is 4.62. The van der Waals surface area contributed by atoms with Crippen molar-refractivity contribution < 1.29 is 9.90 Å². The van der Waals surface area contributed by atoms with E-state index in [1.807, 2.05) is 6.92 Å². The standard InChI is InChI=1S/C12H19N3O2/c1-8(4-3-7-16)13-12(17)11-9-5-2-6-10(9)14-15-11/h8,16H,2-7H2,1H3,(H,13,17)(H,14,15). The van der Waals surface area contributed by atoms with Crippen LogP contribution in [0.3, 0.4) is 0 Å². The summed E-state index contributed by atoms with van der Waals surface area (Å²) < 4.78 is 0. The first kappa shape index (κ1) is 12.1. The number of H-pyrrole nitrogens is 1. The average Bonchev–Trinajstić information content (AvgIpc) is 2.87. The summed E-state index contributed by atoms with van der Waals surface area (Å²) in [7, 11) is 0. The van der Waals surface area contributed by atoms with E-state index in [4.69, 9.17) is 5.11 Å². The molecule has 0 aliphatic heterocycles. The zero-order valence-electron chi connectivity index (χ0n) is 10.1. The average molecular weight is 237 g/mol. The van der Waals surface area contributed by atoms with Crippen molar-refractivity contribution in [3.8, 4) is 0 Å². The molecule has 1 aliphatic carbocycles. The van der Waals surface area contributed by atoms with Crippen LogP contribution >= 0.6 is 0 Å². The highest BCUT2D eigenvalue weighted by molar-refractivity contribution is 5.94. The van der Waals surface area contributed by atoms with Crippen molar-refractivity contribution in [2.45, 2.75) is 45.1 Å². The Labute approximate surface area is 101 Å². The quantitative estimate of drug-likeness (QED) is 0.708. The maximum Gasteiger partial charge on any atom is 0.272 e. The Morgan fingerprint density at radius 2 is 2.41 bits per heavy atom. The number of aromatic nitrogens is 2. The molecule has 0 saturated carbocycles. The molecule has 1 heterocycles. The first-order valence-corrected chi connectivity index (χ1v) is 6.20. The van der Waals surface area contributed by atoms with Gasteiger partial charge < -0.3 is 10.4 Å². The molecule has 0 aromatic carbocycles. The van der Waals surface area contributed by atoms with Crippen molar-refractivity contribution in [2.75, 3.05) is 6.61 Å². The lowest BCUT2D eigenvalue weighted by Crippen LogP contribution is -2.33. The Kier molecular flexibility index (Phi) is 3.78. The van der Waals surface area contributed by atoms with Gasteiger partial charge in [-0.2, -0.15) is 5.10 Å². The number of aliphatic hydroxyl groups excluding tert-OH is 1. The van der Waals surface area contributed by atoms with Crippen LogP contribution in [0, 0.1) is 0 Å². The van der Waals surface area contributed by atoms with Crippen molar-refractivity contribution in [1.29, 1.82) is 0 Å². The molecule has 1 atom stereocenters. The third-order valence-corrected chi connectivity index (χ3v) is 3.19. The number of hydrogen-bond donors (Lipinski definition) is 3. The minimum absolute atomic E-state index is 0.0726. The number of aliphatic hydroxyl groups is 1. The maximum atomic E-state index is 12.0. The number of carbonyl (C=O) groups is 1. The van der Waals surface area contributed by atoms with Gasteiger partial charge in [0.2, 0.25) is 0 Å². The highest BCUT2D eigenvalue weighted by Crippen LogP contribution is 2.22. The number of nitrogens with zero attached hydrogens (tertiary/aromatic N) is 1. The molecule has 3 N–H and O–H groups in total. The summed E-state index contributed by atoms with van der Waals surface area (Å²) >= 11 is 0. The molecule has 0 bridgehead atoms. The summed E-state index contributed by atoms with van der Waals surface area (Å²) in [4.78, 5) is 12.0. The molecular weight excluding hydrogens is 218 g/mol. The predicted molar refractivity (Wildman–Crippen MR) is 63.9 cm³/mol. The van der Waals surface area contributed by atoms with Gasteiger partial charge in [-0.15, -0.1) is 0 Å². The van der Waals surface area contributed by atoms with E-state index in [2.05, 4.69) is 15.5 Å². The Bertz CT molecular complexity index is 400. The molecular formula is C12H19N3O2. The van der Waals surface area contributed by atoms with E-state index in [1.54, 1.807) is 0 Å². The first-order valence-electron chi connectivity index (χ1n) is 6.20. The van der Waals surface area contributed by atoms with E-state index >= 15 is 0 Å². The van der Waals surface area contributed by atoms with Crippen LogP contribution in [-0.4, -0.2) is 33.9 Å². The van der Waals surface area contributed by atoms with Gasteiger partial charge in [0.15, 0.2) is 5.69 Å². The lowest BCUT2D eigenvalue weighted by molar-refractivity contribution is 0.0930. The molecule has 5 heteroatoms. The summed E-state index contributed by atoms with van der Waals surface area (Å²) in [6.07, 6.45) is 4.54. The molecule has 1 aromatic rings. The molecule has 1 amide bonds. The molecule has 17 heavy (non-hydrogen) atoms. The summed E-state index contributed by atoms with van der Waals surface area (Å²) in [5.74, 6) is -0.102. The summed E-state index contributed by atoms with van der Waals surface area (Å²) in [5.41, 5.74) is 2.74. The zero-order valence-corrected chi connectivity index (χ0v) is 10.1. The van der Waals surface area contributed by atoms with Crippen LogP contribution in [0.2, 0.25) is 0 Å². The van der Waals surface area contributed by atoms with E-state index in [0.717, 1.165) is 36.9 Å². The summed E-state index contributed by atoms with van der Waals surface area (Å²) in [6, 6.07) is 0.0726. The molecule has 0 radical (unpaired) electrons. The van der Waals surface area contributed by atoms with E-state index in [0.29, 0.717) is 12.1 Å². The molecule has 1 aromatic heterocycles. The number of amides is 1. The number of fused-ring (bicyclic) bond motifs is 1. The first-order chi connectivity index (χ1) is 8.22. The van der Waals surface area contributed by atoms with Crippen LogP contribution in [-0.2, 0) is 12.8 Å². The van der Waals surface area contributed by atoms with Gasteiger partial charge in [0.05, 0.1) is 0 Å². The fraction of sp³-hybridized carbons (Fsp3) is 0.667. The minimum atomic E-state index is -0.102. The number of hydrogen-bond acceptors (Lipinski definition) is 3. The molecule has 94 valence electrons. The molecule has 5 nitrogen and oxygen atoms in total. The normalized spacial score (nSPS) is 15.6. The number of rotatable bonds is 5. The fourth-order valence-electron chi connectivity index (χ4n) is 2.27. The third-order valence-electron chi connectivity index (χ3n) is 3.19. The third kappa shape index (κ3) is 2.66. The Hall–Kier alpha value is -1.36. The second-order valence-electron chi connectivity index (χ2n) is 4.62. The van der Waals surface area contributed by atoms with Gasteiger partial charge in [0, 0.05) is 23.9 Å². The Morgan fingerprint density at radius 3 is 3.18 bits per heavy atom. The second kappa shape index (κ2) is 5.31. The number of aryl methyl sites for hydroxylation is 1. The SMILES string of the molecule is CC(CCCO)NC(=O)c1n[nH]c2c1CCC2. The van der Waals surface area contributed by atoms with Crippen LogP contribution in [0.1, 0.15) is 47.9 Å². The van der Waals surface area contributed by atoms with Crippen molar-refractivity contribution in [3.05, 3.63) is 17.0 Å². The van der Waals surface area contributed by atoms with Crippen molar-refractivity contribution >= 4 is 5.91 Å². The van der Waals surface area contributed by atoms with Gasteiger partial charge in [-0.1, -0.05) is 0 Å². The van der Waals surface area contributed by atoms with Gasteiger partial charge in [0.1, 0.15) is 0 Å². The monoisotopic (exact) mass is 237 g/mol. The lowest BCUT2D eigenvalue weighted by Gasteiger charge is -2.12. The van der Waals surface area contributed by atoms with Crippen molar-refractivity contribution in [1.82, 2.24) is 15.5 Å². The number of aromatic amines is 1. The van der Waals surface area contributed by atoms with E-state index in [-0.39, 0.29) is 18.6 Å². The Morgan fingerprint density at radius 1 is 1.59 bits per heavy atom. The zero-order chi connectivity index (χ0) is 12.3. The van der Waals surface area contributed by atoms with Crippen LogP contribution in [0.5, 0.6) is 0 Å². The summed E-state index contributed by atoms with van der Waals surface area (Å²) in [6.45, 7) is 2.11. The molecule has 2 rings (SSSR count). The molecule has 1 aliphatic rings. The van der Waals surface area contributed by atoms with Crippen LogP contribution in [0.4, 0.5) is 0 Å².